The zero-order chi connectivity index (χ0) is 11.0. The van der Waals surface area contributed by atoms with E-state index >= 15 is 0 Å². The minimum absolute atomic E-state index is 0.584. The fraction of sp³-hybridized carbons (Fsp3) is 0.333. The molecule has 4 heteroatoms. The predicted octanol–water partition coefficient (Wildman–Crippen LogP) is 2.60. The van der Waals surface area contributed by atoms with Gasteiger partial charge in [0.1, 0.15) is 12.1 Å². The van der Waals surface area contributed by atoms with Crippen LogP contribution in [0.5, 0.6) is 0 Å². The molecule has 0 radical (unpaired) electrons. The summed E-state index contributed by atoms with van der Waals surface area (Å²) in [6.07, 6.45) is 2.83. The number of aromatic nitrogens is 2. The second-order valence-corrected chi connectivity index (χ2v) is 5.34. The molecular formula is C12H12BrN3. The van der Waals surface area contributed by atoms with Gasteiger partial charge in [-0.1, -0.05) is 28.1 Å². The number of benzene rings is 1. The molecule has 0 spiro atoms. The standard InChI is InChI=1S/C12H12BrN3/c13-9-5-6-16(7-9)12-10-3-1-2-4-11(10)14-8-15-12/h1-4,8-9H,5-7H2. The van der Waals surface area contributed by atoms with Crippen molar-refractivity contribution in [2.24, 2.45) is 0 Å². The summed E-state index contributed by atoms with van der Waals surface area (Å²) in [6, 6.07) is 8.17. The summed E-state index contributed by atoms with van der Waals surface area (Å²) in [5, 5.41) is 1.14. The molecule has 0 amide bonds. The lowest BCUT2D eigenvalue weighted by molar-refractivity contribution is 0.940. The van der Waals surface area contributed by atoms with Gasteiger partial charge in [0.25, 0.3) is 0 Å². The highest BCUT2D eigenvalue weighted by molar-refractivity contribution is 9.09. The average Bonchev–Trinajstić information content (AvgIpc) is 2.75. The van der Waals surface area contributed by atoms with Gasteiger partial charge in [0, 0.05) is 23.3 Å². The number of fused-ring (bicyclic) bond motifs is 1. The van der Waals surface area contributed by atoms with E-state index in [2.05, 4.69) is 36.9 Å². The Kier molecular flexibility index (Phi) is 2.52. The second kappa shape index (κ2) is 4.01. The Balaban J connectivity index is 2.09. The Labute approximate surface area is 103 Å². The third kappa shape index (κ3) is 1.67. The number of para-hydroxylation sites is 1. The molecule has 1 aromatic carbocycles. The average molecular weight is 278 g/mol. The van der Waals surface area contributed by atoms with E-state index in [0.29, 0.717) is 4.83 Å². The van der Waals surface area contributed by atoms with Gasteiger partial charge in [-0.2, -0.15) is 0 Å². The lowest BCUT2D eigenvalue weighted by Crippen LogP contribution is -2.21. The van der Waals surface area contributed by atoms with Crippen LogP contribution in [0.15, 0.2) is 30.6 Å². The summed E-state index contributed by atoms with van der Waals surface area (Å²) in [4.78, 5) is 11.6. The Morgan fingerprint density at radius 2 is 2.12 bits per heavy atom. The van der Waals surface area contributed by atoms with Crippen molar-refractivity contribution in [3.8, 4) is 0 Å². The van der Waals surface area contributed by atoms with Gasteiger partial charge in [0.15, 0.2) is 0 Å². The maximum Gasteiger partial charge on any atom is 0.139 e. The lowest BCUT2D eigenvalue weighted by atomic mass is 10.2. The molecule has 0 aliphatic carbocycles. The summed E-state index contributed by atoms with van der Waals surface area (Å²) in [5.74, 6) is 1.06. The molecule has 3 nitrogen and oxygen atoms in total. The van der Waals surface area contributed by atoms with Gasteiger partial charge in [0.2, 0.25) is 0 Å². The highest BCUT2D eigenvalue weighted by Gasteiger charge is 2.22. The molecule has 3 rings (SSSR count). The normalized spacial score (nSPS) is 20.6. The second-order valence-electron chi connectivity index (χ2n) is 4.05. The van der Waals surface area contributed by atoms with Gasteiger partial charge in [-0.15, -0.1) is 0 Å². The number of nitrogens with zero attached hydrogens (tertiary/aromatic N) is 3. The molecule has 2 heterocycles. The molecule has 2 aromatic rings. The van der Waals surface area contributed by atoms with Crippen LogP contribution in [-0.4, -0.2) is 27.9 Å². The van der Waals surface area contributed by atoms with E-state index < -0.39 is 0 Å². The van der Waals surface area contributed by atoms with Crippen molar-refractivity contribution in [1.82, 2.24) is 9.97 Å². The number of alkyl halides is 1. The molecule has 1 aliphatic rings. The number of hydrogen-bond donors (Lipinski definition) is 0. The smallest absolute Gasteiger partial charge is 0.139 e. The summed E-state index contributed by atoms with van der Waals surface area (Å²) in [6.45, 7) is 2.10. The molecular weight excluding hydrogens is 266 g/mol. The number of anilines is 1. The topological polar surface area (TPSA) is 29.0 Å². The molecule has 1 saturated heterocycles. The molecule has 82 valence electrons. The van der Waals surface area contributed by atoms with Gasteiger partial charge < -0.3 is 4.90 Å². The molecule has 1 atom stereocenters. The van der Waals surface area contributed by atoms with E-state index in [1.54, 1.807) is 6.33 Å². The number of hydrogen-bond acceptors (Lipinski definition) is 3. The third-order valence-corrected chi connectivity index (χ3v) is 3.70. The van der Waals surface area contributed by atoms with Crippen molar-refractivity contribution in [3.05, 3.63) is 30.6 Å². The van der Waals surface area contributed by atoms with Crippen molar-refractivity contribution in [1.29, 1.82) is 0 Å². The predicted molar refractivity (Wildman–Crippen MR) is 69.1 cm³/mol. The van der Waals surface area contributed by atoms with Crippen LogP contribution in [0, 0.1) is 0 Å². The first-order valence-electron chi connectivity index (χ1n) is 5.43. The van der Waals surface area contributed by atoms with Crippen LogP contribution < -0.4 is 4.90 Å². The fourth-order valence-electron chi connectivity index (χ4n) is 2.15. The minimum atomic E-state index is 0.584. The first kappa shape index (κ1) is 10.0. The first-order chi connectivity index (χ1) is 7.84. The van der Waals surface area contributed by atoms with E-state index in [0.717, 1.165) is 29.8 Å². The molecule has 16 heavy (non-hydrogen) atoms. The Hall–Kier alpha value is -1.16. The highest BCUT2D eigenvalue weighted by atomic mass is 79.9. The van der Waals surface area contributed by atoms with Crippen molar-refractivity contribution in [2.45, 2.75) is 11.2 Å². The SMILES string of the molecule is BrC1CCN(c2ncnc3ccccc23)C1. The fourth-order valence-corrected chi connectivity index (χ4v) is 2.71. The Morgan fingerprint density at radius 3 is 2.94 bits per heavy atom. The van der Waals surface area contributed by atoms with Crippen molar-refractivity contribution < 1.29 is 0 Å². The van der Waals surface area contributed by atoms with Crippen LogP contribution in [0.3, 0.4) is 0 Å². The van der Waals surface area contributed by atoms with Crippen LogP contribution in [0.25, 0.3) is 10.9 Å². The molecule has 1 aliphatic heterocycles. The first-order valence-corrected chi connectivity index (χ1v) is 6.35. The summed E-state index contributed by atoms with van der Waals surface area (Å²) in [5.41, 5.74) is 1.02. The van der Waals surface area contributed by atoms with Crippen molar-refractivity contribution in [2.75, 3.05) is 18.0 Å². The van der Waals surface area contributed by atoms with Crippen molar-refractivity contribution in [3.63, 3.8) is 0 Å². The van der Waals surface area contributed by atoms with Crippen LogP contribution >= 0.6 is 15.9 Å². The monoisotopic (exact) mass is 277 g/mol. The van der Waals surface area contributed by atoms with Gasteiger partial charge in [-0.3, -0.25) is 0 Å². The summed E-state index contributed by atoms with van der Waals surface area (Å²) in [7, 11) is 0. The quantitative estimate of drug-likeness (QED) is 0.751. The van der Waals surface area contributed by atoms with E-state index in [1.165, 1.54) is 6.42 Å². The lowest BCUT2D eigenvalue weighted by Gasteiger charge is -2.17. The molecule has 0 bridgehead atoms. The summed E-state index contributed by atoms with van der Waals surface area (Å²) < 4.78 is 0. The Morgan fingerprint density at radius 1 is 1.25 bits per heavy atom. The van der Waals surface area contributed by atoms with Gasteiger partial charge in [0.05, 0.1) is 5.52 Å². The van der Waals surface area contributed by atoms with Crippen LogP contribution in [0.2, 0.25) is 0 Å². The van der Waals surface area contributed by atoms with Crippen molar-refractivity contribution >= 4 is 32.7 Å². The van der Waals surface area contributed by atoms with E-state index in [4.69, 9.17) is 0 Å². The molecule has 1 aromatic heterocycles. The molecule has 1 unspecified atom stereocenters. The zero-order valence-corrected chi connectivity index (χ0v) is 10.4. The third-order valence-electron chi connectivity index (χ3n) is 2.95. The van der Waals surface area contributed by atoms with E-state index in [-0.39, 0.29) is 0 Å². The van der Waals surface area contributed by atoms with Gasteiger partial charge in [-0.25, -0.2) is 9.97 Å². The van der Waals surface area contributed by atoms with Gasteiger partial charge >= 0.3 is 0 Å². The molecule has 1 fully saturated rings. The van der Waals surface area contributed by atoms with Crippen LogP contribution in [0.4, 0.5) is 5.82 Å². The van der Waals surface area contributed by atoms with Crippen LogP contribution in [0.1, 0.15) is 6.42 Å². The van der Waals surface area contributed by atoms with E-state index in [1.807, 2.05) is 18.2 Å². The zero-order valence-electron chi connectivity index (χ0n) is 8.81. The minimum Gasteiger partial charge on any atom is -0.355 e. The van der Waals surface area contributed by atoms with Gasteiger partial charge in [-0.05, 0) is 18.6 Å². The maximum atomic E-state index is 4.42. The number of rotatable bonds is 1. The molecule has 0 N–H and O–H groups in total. The Bertz CT molecular complexity index is 509. The number of halogens is 1. The largest absolute Gasteiger partial charge is 0.355 e. The summed E-state index contributed by atoms with van der Waals surface area (Å²) >= 11 is 3.65. The van der Waals surface area contributed by atoms with E-state index in [9.17, 15) is 0 Å². The highest BCUT2D eigenvalue weighted by Crippen LogP contribution is 2.27. The molecule has 0 saturated carbocycles. The maximum absolute atomic E-state index is 4.42. The van der Waals surface area contributed by atoms with Crippen LogP contribution in [-0.2, 0) is 0 Å².